The molecule has 0 saturated heterocycles. The normalized spacial score (nSPS) is 10.5. The molecule has 1 N–H and O–H groups in total. The third kappa shape index (κ3) is 4.05. The van der Waals surface area contributed by atoms with Crippen LogP contribution in [0.2, 0.25) is 0 Å². The van der Waals surface area contributed by atoms with E-state index >= 15 is 0 Å². The lowest BCUT2D eigenvalue weighted by molar-refractivity contribution is 0.0950. The lowest BCUT2D eigenvalue weighted by atomic mass is 10.1. The molecule has 1 heterocycles. The van der Waals surface area contributed by atoms with Crippen LogP contribution in [0.3, 0.4) is 0 Å². The van der Waals surface area contributed by atoms with Gasteiger partial charge in [0.2, 0.25) is 0 Å². The molecule has 6 heteroatoms. The van der Waals surface area contributed by atoms with Gasteiger partial charge < -0.3 is 5.32 Å². The van der Waals surface area contributed by atoms with Crippen LogP contribution in [0.1, 0.15) is 21.5 Å². The highest BCUT2D eigenvalue weighted by Gasteiger charge is 2.13. The molecule has 1 aromatic heterocycles. The summed E-state index contributed by atoms with van der Waals surface area (Å²) in [6.07, 6.45) is 0. The molecule has 0 spiro atoms. The average Bonchev–Trinajstić information content (AvgIpc) is 2.75. The minimum atomic E-state index is -0.0925. The van der Waals surface area contributed by atoms with Crippen molar-refractivity contribution in [2.75, 3.05) is 0 Å². The molecule has 2 nitrogen and oxygen atoms in total. The summed E-state index contributed by atoms with van der Waals surface area (Å²) >= 11 is 14.0. The quantitative estimate of drug-likeness (QED) is 0.694. The number of carbonyl (C=O) groups excluding carboxylic acids is 1. The van der Waals surface area contributed by atoms with Gasteiger partial charge in [0.25, 0.3) is 5.91 Å². The molecule has 0 radical (unpaired) electrons. The van der Waals surface area contributed by atoms with Crippen LogP contribution in [0.4, 0.5) is 0 Å². The zero-order valence-corrected chi connectivity index (χ0v) is 14.5. The summed E-state index contributed by atoms with van der Waals surface area (Å²) in [6.45, 7) is 0.490. The van der Waals surface area contributed by atoms with Crippen molar-refractivity contribution in [3.05, 3.63) is 54.6 Å². The predicted octanol–water partition coefficient (Wildman–Crippen LogP) is 4.94. The second-order valence-corrected chi connectivity index (χ2v) is 7.89. The van der Waals surface area contributed by atoms with Crippen LogP contribution in [0.25, 0.3) is 0 Å². The fourth-order valence-electron chi connectivity index (χ4n) is 1.60. The van der Waals surface area contributed by atoms with Gasteiger partial charge in [-0.2, -0.15) is 0 Å². The molecule has 2 aromatic rings. The summed E-state index contributed by atoms with van der Waals surface area (Å²) < 4.78 is 1.75. The smallest absolute Gasteiger partial charge is 0.253 e. The molecule has 0 unspecified atom stereocenters. The molecule has 0 aliphatic heterocycles. The number of hydrogen-bond acceptors (Lipinski definition) is 2. The third-order valence-electron chi connectivity index (χ3n) is 2.50. The van der Waals surface area contributed by atoms with Crippen LogP contribution in [-0.2, 0) is 12.4 Å². The Morgan fingerprint density at radius 2 is 2.00 bits per heavy atom. The van der Waals surface area contributed by atoms with Crippen molar-refractivity contribution in [3.63, 3.8) is 0 Å². The molecular weight excluding hydrogens is 413 g/mol. The van der Waals surface area contributed by atoms with Crippen molar-refractivity contribution in [1.29, 1.82) is 0 Å². The number of benzene rings is 1. The van der Waals surface area contributed by atoms with Crippen LogP contribution >= 0.6 is 54.8 Å². The molecule has 0 fully saturated rings. The number of amides is 1. The molecule has 1 aromatic carbocycles. The minimum absolute atomic E-state index is 0.0925. The molecule has 19 heavy (non-hydrogen) atoms. The fraction of sp³-hybridized carbons (Fsp3) is 0.154. The van der Waals surface area contributed by atoms with Gasteiger partial charge in [0.1, 0.15) is 0 Å². The Balaban J connectivity index is 2.02. The van der Waals surface area contributed by atoms with Gasteiger partial charge in [0.15, 0.2) is 0 Å². The van der Waals surface area contributed by atoms with Crippen molar-refractivity contribution >= 4 is 60.7 Å². The second kappa shape index (κ2) is 6.88. The van der Waals surface area contributed by atoms with Crippen molar-refractivity contribution < 1.29 is 4.79 Å². The van der Waals surface area contributed by atoms with Crippen LogP contribution in [-0.4, -0.2) is 5.91 Å². The number of alkyl halides is 1. The molecule has 0 saturated carbocycles. The largest absolute Gasteiger partial charge is 0.348 e. The first kappa shape index (κ1) is 15.0. The van der Waals surface area contributed by atoms with Crippen LogP contribution in [0.5, 0.6) is 0 Å². The van der Waals surface area contributed by atoms with E-state index in [0.717, 1.165) is 18.7 Å². The van der Waals surface area contributed by atoms with Gasteiger partial charge >= 0.3 is 0 Å². The van der Waals surface area contributed by atoms with E-state index in [1.54, 1.807) is 6.07 Å². The topological polar surface area (TPSA) is 29.1 Å². The van der Waals surface area contributed by atoms with E-state index in [0.29, 0.717) is 18.0 Å². The van der Waals surface area contributed by atoms with Crippen molar-refractivity contribution in [1.82, 2.24) is 5.32 Å². The van der Waals surface area contributed by atoms with E-state index in [1.807, 2.05) is 24.3 Å². The highest BCUT2D eigenvalue weighted by molar-refractivity contribution is 9.12. The number of carbonyl (C=O) groups is 1. The molecule has 0 aliphatic carbocycles. The van der Waals surface area contributed by atoms with Gasteiger partial charge in [-0.3, -0.25) is 4.79 Å². The SMILES string of the molecule is O=C(NCc1cccc(CCl)c1)c1cc(Br)sc1Br. The molecule has 0 aliphatic rings. The first-order valence-electron chi connectivity index (χ1n) is 5.47. The first-order chi connectivity index (χ1) is 9.10. The number of nitrogens with one attached hydrogen (secondary N) is 1. The van der Waals surface area contributed by atoms with Gasteiger partial charge in [0, 0.05) is 12.4 Å². The summed E-state index contributed by atoms with van der Waals surface area (Å²) in [7, 11) is 0. The molecule has 1 amide bonds. The van der Waals surface area contributed by atoms with Crippen molar-refractivity contribution in [3.8, 4) is 0 Å². The van der Waals surface area contributed by atoms with Gasteiger partial charge in [-0.25, -0.2) is 0 Å². The highest BCUT2D eigenvalue weighted by Crippen LogP contribution is 2.31. The first-order valence-corrected chi connectivity index (χ1v) is 8.40. The molecular formula is C13H10Br2ClNOS. The lowest BCUT2D eigenvalue weighted by Crippen LogP contribution is -2.22. The van der Waals surface area contributed by atoms with Gasteiger partial charge in [0.05, 0.1) is 13.1 Å². The summed E-state index contributed by atoms with van der Waals surface area (Å²) in [5.74, 6) is 0.384. The molecule has 100 valence electrons. The number of thiophene rings is 1. The monoisotopic (exact) mass is 421 g/mol. The predicted molar refractivity (Wildman–Crippen MR) is 86.9 cm³/mol. The maximum atomic E-state index is 12.0. The van der Waals surface area contributed by atoms with E-state index in [1.165, 1.54) is 11.3 Å². The average molecular weight is 424 g/mol. The highest BCUT2D eigenvalue weighted by atomic mass is 79.9. The number of halogens is 3. The molecule has 0 atom stereocenters. The maximum Gasteiger partial charge on any atom is 0.253 e. The maximum absolute atomic E-state index is 12.0. The van der Waals surface area contributed by atoms with Crippen molar-refractivity contribution in [2.45, 2.75) is 12.4 Å². The van der Waals surface area contributed by atoms with E-state index in [2.05, 4.69) is 37.2 Å². The summed E-state index contributed by atoms with van der Waals surface area (Å²) in [5, 5.41) is 2.89. The standard InChI is InChI=1S/C13H10Br2ClNOS/c14-11-5-10(12(15)19-11)13(18)17-7-9-3-1-2-8(4-9)6-16/h1-5H,6-7H2,(H,17,18). The fourth-order valence-corrected chi connectivity index (χ4v) is 4.56. The second-order valence-electron chi connectivity index (χ2n) is 3.87. The summed E-state index contributed by atoms with van der Waals surface area (Å²) in [4.78, 5) is 12.0. The summed E-state index contributed by atoms with van der Waals surface area (Å²) in [6, 6.07) is 9.67. The van der Waals surface area contributed by atoms with Gasteiger partial charge in [-0.1, -0.05) is 24.3 Å². The Labute approximate surface area is 137 Å². The minimum Gasteiger partial charge on any atom is -0.348 e. The Bertz CT molecular complexity index is 600. The van der Waals surface area contributed by atoms with E-state index in [-0.39, 0.29) is 5.91 Å². The van der Waals surface area contributed by atoms with Crippen LogP contribution in [0.15, 0.2) is 37.9 Å². The van der Waals surface area contributed by atoms with Crippen LogP contribution in [0, 0.1) is 0 Å². The van der Waals surface area contributed by atoms with Gasteiger partial charge in [-0.15, -0.1) is 22.9 Å². The molecule has 0 bridgehead atoms. The third-order valence-corrected chi connectivity index (χ3v) is 5.15. The zero-order chi connectivity index (χ0) is 13.8. The van der Waals surface area contributed by atoms with Crippen LogP contribution < -0.4 is 5.32 Å². The van der Waals surface area contributed by atoms with E-state index in [9.17, 15) is 4.79 Å². The zero-order valence-electron chi connectivity index (χ0n) is 9.75. The Hall–Kier alpha value is -0.360. The van der Waals surface area contributed by atoms with Crippen molar-refractivity contribution in [2.24, 2.45) is 0 Å². The molecule has 2 rings (SSSR count). The number of hydrogen-bond donors (Lipinski definition) is 1. The van der Waals surface area contributed by atoms with Gasteiger partial charge in [-0.05, 0) is 49.1 Å². The lowest BCUT2D eigenvalue weighted by Gasteiger charge is -2.06. The Morgan fingerprint density at radius 1 is 1.26 bits per heavy atom. The Morgan fingerprint density at radius 3 is 2.63 bits per heavy atom. The number of rotatable bonds is 4. The summed E-state index contributed by atoms with van der Waals surface area (Å²) in [5.41, 5.74) is 2.73. The Kier molecular flexibility index (Phi) is 5.45. The van der Waals surface area contributed by atoms with E-state index < -0.39 is 0 Å². The van der Waals surface area contributed by atoms with E-state index in [4.69, 9.17) is 11.6 Å².